The van der Waals surface area contributed by atoms with E-state index in [1.165, 1.54) is 0 Å². The zero-order valence-corrected chi connectivity index (χ0v) is 10.5. The van der Waals surface area contributed by atoms with Crippen LogP contribution in [0.1, 0.15) is 20.3 Å². The second kappa shape index (κ2) is 8.68. The van der Waals surface area contributed by atoms with Crippen molar-refractivity contribution in [3.8, 4) is 0 Å². The maximum Gasteiger partial charge on any atom is 0.236 e. The minimum atomic E-state index is 0.209. The highest BCUT2D eigenvalue weighted by Gasteiger charge is 2.11. The molecule has 4 nitrogen and oxygen atoms in total. The number of likely N-dealkylation sites (N-methyl/N-ethyl adjacent to an activating group) is 2. The predicted octanol–water partition coefficient (Wildman–Crippen LogP) is 0.396. The Hall–Kier alpha value is -0.610. The van der Waals surface area contributed by atoms with Crippen molar-refractivity contribution < 1.29 is 4.79 Å². The van der Waals surface area contributed by atoms with Gasteiger partial charge in [0.15, 0.2) is 0 Å². The Morgan fingerprint density at radius 2 is 1.80 bits per heavy atom. The van der Waals surface area contributed by atoms with Crippen molar-refractivity contribution in [2.75, 3.05) is 46.8 Å². The first-order valence-electron chi connectivity index (χ1n) is 5.75. The van der Waals surface area contributed by atoms with E-state index in [1.807, 2.05) is 25.9 Å². The van der Waals surface area contributed by atoms with Crippen LogP contribution in [0.2, 0.25) is 0 Å². The van der Waals surface area contributed by atoms with Crippen LogP contribution in [0.5, 0.6) is 0 Å². The zero-order valence-electron chi connectivity index (χ0n) is 10.5. The van der Waals surface area contributed by atoms with Crippen LogP contribution in [0.15, 0.2) is 0 Å². The van der Waals surface area contributed by atoms with Crippen molar-refractivity contribution in [3.63, 3.8) is 0 Å². The van der Waals surface area contributed by atoms with Gasteiger partial charge in [-0.1, -0.05) is 13.8 Å². The minimum absolute atomic E-state index is 0.209. The molecule has 0 heterocycles. The Balaban J connectivity index is 3.94. The molecule has 0 spiro atoms. The van der Waals surface area contributed by atoms with Crippen molar-refractivity contribution in [2.45, 2.75) is 20.3 Å². The molecule has 0 aliphatic rings. The lowest BCUT2D eigenvalue weighted by Gasteiger charge is -2.24. The summed E-state index contributed by atoms with van der Waals surface area (Å²) < 4.78 is 0. The summed E-state index contributed by atoms with van der Waals surface area (Å²) in [6.45, 7) is 8.03. The number of carbonyl (C=O) groups is 1. The van der Waals surface area contributed by atoms with Gasteiger partial charge in [0.2, 0.25) is 5.91 Å². The SMILES string of the molecule is CCCN(CCN(C)C)C(=O)CNCC. The molecule has 0 radical (unpaired) electrons. The van der Waals surface area contributed by atoms with Gasteiger partial charge in [-0.05, 0) is 27.1 Å². The van der Waals surface area contributed by atoms with Gasteiger partial charge in [0.1, 0.15) is 0 Å². The van der Waals surface area contributed by atoms with Crippen LogP contribution in [0.4, 0.5) is 0 Å². The summed E-state index contributed by atoms with van der Waals surface area (Å²) in [7, 11) is 4.05. The van der Waals surface area contributed by atoms with Gasteiger partial charge >= 0.3 is 0 Å². The standard InChI is InChI=1S/C11H25N3O/c1-5-7-14(9-8-13(3)4)11(15)10-12-6-2/h12H,5-10H2,1-4H3. The number of nitrogens with one attached hydrogen (secondary N) is 1. The van der Waals surface area contributed by atoms with Gasteiger partial charge in [-0.2, -0.15) is 0 Å². The Morgan fingerprint density at radius 3 is 2.27 bits per heavy atom. The lowest BCUT2D eigenvalue weighted by Crippen LogP contribution is -2.41. The van der Waals surface area contributed by atoms with Crippen LogP contribution < -0.4 is 5.32 Å². The monoisotopic (exact) mass is 215 g/mol. The van der Waals surface area contributed by atoms with Gasteiger partial charge in [0.25, 0.3) is 0 Å². The topological polar surface area (TPSA) is 35.6 Å². The van der Waals surface area contributed by atoms with E-state index < -0.39 is 0 Å². The third-order valence-electron chi connectivity index (χ3n) is 2.19. The molecular weight excluding hydrogens is 190 g/mol. The molecule has 0 atom stereocenters. The molecule has 0 aromatic carbocycles. The quantitative estimate of drug-likeness (QED) is 0.636. The lowest BCUT2D eigenvalue weighted by atomic mass is 10.3. The van der Waals surface area contributed by atoms with Crippen LogP contribution in [-0.2, 0) is 4.79 Å². The zero-order chi connectivity index (χ0) is 11.7. The summed E-state index contributed by atoms with van der Waals surface area (Å²) in [5, 5.41) is 3.07. The molecule has 15 heavy (non-hydrogen) atoms. The molecule has 4 heteroatoms. The van der Waals surface area contributed by atoms with Crippen LogP contribution >= 0.6 is 0 Å². The molecule has 1 N–H and O–H groups in total. The van der Waals surface area contributed by atoms with Gasteiger partial charge in [-0.25, -0.2) is 0 Å². The van der Waals surface area contributed by atoms with E-state index in [0.29, 0.717) is 6.54 Å². The molecular formula is C11H25N3O. The molecule has 90 valence electrons. The number of hydrogen-bond donors (Lipinski definition) is 1. The van der Waals surface area contributed by atoms with Crippen molar-refractivity contribution in [1.29, 1.82) is 0 Å². The minimum Gasteiger partial charge on any atom is -0.340 e. The highest BCUT2D eigenvalue weighted by atomic mass is 16.2. The number of nitrogens with zero attached hydrogens (tertiary/aromatic N) is 2. The fourth-order valence-corrected chi connectivity index (χ4v) is 1.30. The van der Waals surface area contributed by atoms with E-state index >= 15 is 0 Å². The first kappa shape index (κ1) is 14.4. The maximum atomic E-state index is 11.7. The highest BCUT2D eigenvalue weighted by Crippen LogP contribution is 1.93. The molecule has 0 bridgehead atoms. The van der Waals surface area contributed by atoms with Gasteiger partial charge in [-0.15, -0.1) is 0 Å². The average molecular weight is 215 g/mol. The van der Waals surface area contributed by atoms with Crippen molar-refractivity contribution >= 4 is 5.91 Å². The second-order valence-corrected chi connectivity index (χ2v) is 3.96. The summed E-state index contributed by atoms with van der Waals surface area (Å²) in [5.41, 5.74) is 0. The Kier molecular flexibility index (Phi) is 8.33. The molecule has 0 fully saturated rings. The number of rotatable bonds is 8. The fourth-order valence-electron chi connectivity index (χ4n) is 1.30. The Bertz CT molecular complexity index is 171. The smallest absolute Gasteiger partial charge is 0.236 e. The van der Waals surface area contributed by atoms with E-state index in [4.69, 9.17) is 0 Å². The first-order chi connectivity index (χ1) is 7.11. The van der Waals surface area contributed by atoms with Crippen LogP contribution in [0.3, 0.4) is 0 Å². The third kappa shape index (κ3) is 7.33. The summed E-state index contributed by atoms with van der Waals surface area (Å²) in [6, 6.07) is 0. The molecule has 1 amide bonds. The van der Waals surface area contributed by atoms with Gasteiger partial charge in [0, 0.05) is 19.6 Å². The van der Waals surface area contributed by atoms with Crippen LogP contribution in [0.25, 0.3) is 0 Å². The highest BCUT2D eigenvalue weighted by molar-refractivity contribution is 5.78. The van der Waals surface area contributed by atoms with E-state index in [1.54, 1.807) is 0 Å². The van der Waals surface area contributed by atoms with Crippen molar-refractivity contribution in [2.24, 2.45) is 0 Å². The molecule has 0 saturated carbocycles. The van der Waals surface area contributed by atoms with Crippen LogP contribution in [-0.4, -0.2) is 62.5 Å². The fraction of sp³-hybridized carbons (Fsp3) is 0.909. The number of hydrogen-bond acceptors (Lipinski definition) is 3. The normalized spacial score (nSPS) is 10.7. The first-order valence-corrected chi connectivity index (χ1v) is 5.75. The second-order valence-electron chi connectivity index (χ2n) is 3.96. The van der Waals surface area contributed by atoms with E-state index in [0.717, 1.165) is 32.6 Å². The maximum absolute atomic E-state index is 11.7. The number of amides is 1. The van der Waals surface area contributed by atoms with E-state index in [9.17, 15) is 4.79 Å². The summed E-state index contributed by atoms with van der Waals surface area (Å²) in [5.74, 6) is 0.209. The summed E-state index contributed by atoms with van der Waals surface area (Å²) >= 11 is 0. The van der Waals surface area contributed by atoms with Crippen molar-refractivity contribution in [1.82, 2.24) is 15.1 Å². The Labute approximate surface area is 93.6 Å². The largest absolute Gasteiger partial charge is 0.340 e. The molecule has 0 aliphatic heterocycles. The van der Waals surface area contributed by atoms with Gasteiger partial charge in [-0.3, -0.25) is 4.79 Å². The van der Waals surface area contributed by atoms with E-state index in [2.05, 4.69) is 17.1 Å². The predicted molar refractivity (Wildman–Crippen MR) is 64.0 cm³/mol. The lowest BCUT2D eigenvalue weighted by molar-refractivity contribution is -0.130. The molecule has 0 aromatic heterocycles. The molecule has 0 aromatic rings. The average Bonchev–Trinajstić information content (AvgIpc) is 2.20. The van der Waals surface area contributed by atoms with Gasteiger partial charge < -0.3 is 15.1 Å². The molecule has 0 unspecified atom stereocenters. The molecule has 0 saturated heterocycles. The third-order valence-corrected chi connectivity index (χ3v) is 2.19. The Morgan fingerprint density at radius 1 is 1.13 bits per heavy atom. The van der Waals surface area contributed by atoms with Gasteiger partial charge in [0.05, 0.1) is 6.54 Å². The molecule has 0 aliphatic carbocycles. The summed E-state index contributed by atoms with van der Waals surface area (Å²) in [6.07, 6.45) is 1.02. The number of carbonyl (C=O) groups excluding carboxylic acids is 1. The van der Waals surface area contributed by atoms with Crippen LogP contribution in [0, 0.1) is 0 Å². The van der Waals surface area contributed by atoms with E-state index in [-0.39, 0.29) is 5.91 Å². The van der Waals surface area contributed by atoms with Crippen molar-refractivity contribution in [3.05, 3.63) is 0 Å². The summed E-state index contributed by atoms with van der Waals surface area (Å²) in [4.78, 5) is 15.8. The molecule has 0 rings (SSSR count).